The molecular weight excluding hydrogens is 282 g/mol. The van der Waals surface area contributed by atoms with E-state index in [-0.39, 0.29) is 11.8 Å². The highest BCUT2D eigenvalue weighted by molar-refractivity contribution is 5.97. The zero-order valence-electron chi connectivity index (χ0n) is 13.7. The molecule has 0 saturated carbocycles. The lowest BCUT2D eigenvalue weighted by molar-refractivity contribution is -0.125. The fraction of sp³-hybridized carbons (Fsp3) is 0.500. The van der Waals surface area contributed by atoms with Crippen LogP contribution in [0.15, 0.2) is 18.2 Å². The maximum Gasteiger partial charge on any atom is 0.231 e. The van der Waals surface area contributed by atoms with Crippen LogP contribution in [0, 0.1) is 5.41 Å². The number of anilines is 2. The van der Waals surface area contributed by atoms with E-state index in [0.717, 1.165) is 0 Å². The molecule has 122 valence electrons. The van der Waals surface area contributed by atoms with Gasteiger partial charge in [0.05, 0.1) is 18.2 Å². The predicted octanol–water partition coefficient (Wildman–Crippen LogP) is 2.36. The number of ether oxygens (including phenoxy) is 1. The number of hydrogen-bond acceptors (Lipinski definition) is 4. The van der Waals surface area contributed by atoms with Crippen molar-refractivity contribution in [2.45, 2.75) is 33.6 Å². The highest BCUT2D eigenvalue weighted by Crippen LogP contribution is 2.30. The molecule has 6 heteroatoms. The van der Waals surface area contributed by atoms with Crippen molar-refractivity contribution in [2.24, 2.45) is 11.1 Å². The predicted molar refractivity (Wildman–Crippen MR) is 88.0 cm³/mol. The van der Waals surface area contributed by atoms with Crippen LogP contribution in [0.25, 0.3) is 0 Å². The number of amides is 2. The summed E-state index contributed by atoms with van der Waals surface area (Å²) >= 11 is 0. The van der Waals surface area contributed by atoms with Gasteiger partial charge in [0.1, 0.15) is 5.75 Å². The van der Waals surface area contributed by atoms with Gasteiger partial charge in [0.2, 0.25) is 11.8 Å². The van der Waals surface area contributed by atoms with Gasteiger partial charge in [0, 0.05) is 19.2 Å². The quantitative estimate of drug-likeness (QED) is 0.721. The van der Waals surface area contributed by atoms with Gasteiger partial charge in [-0.3, -0.25) is 9.59 Å². The number of methoxy groups -OCH3 is 1. The lowest BCUT2D eigenvalue weighted by Crippen LogP contribution is -2.41. The van der Waals surface area contributed by atoms with Crippen LogP contribution in [0.1, 0.15) is 33.6 Å². The van der Waals surface area contributed by atoms with E-state index in [0.29, 0.717) is 36.5 Å². The Morgan fingerprint density at radius 2 is 1.86 bits per heavy atom. The van der Waals surface area contributed by atoms with Crippen molar-refractivity contribution < 1.29 is 14.3 Å². The summed E-state index contributed by atoms with van der Waals surface area (Å²) in [5, 5.41) is 5.55. The van der Waals surface area contributed by atoms with E-state index in [9.17, 15) is 9.59 Å². The fourth-order valence-corrected chi connectivity index (χ4v) is 2.29. The van der Waals surface area contributed by atoms with Crippen LogP contribution in [0.3, 0.4) is 0 Å². The number of nitrogens with two attached hydrogens (primary N) is 1. The molecule has 1 aromatic rings. The van der Waals surface area contributed by atoms with Crippen LogP contribution >= 0.6 is 0 Å². The van der Waals surface area contributed by atoms with Gasteiger partial charge in [-0.25, -0.2) is 0 Å². The summed E-state index contributed by atoms with van der Waals surface area (Å²) in [6.45, 7) is 5.61. The van der Waals surface area contributed by atoms with Crippen molar-refractivity contribution in [1.82, 2.24) is 0 Å². The van der Waals surface area contributed by atoms with Gasteiger partial charge in [-0.1, -0.05) is 13.8 Å². The van der Waals surface area contributed by atoms with E-state index in [1.165, 1.54) is 14.0 Å². The van der Waals surface area contributed by atoms with Crippen molar-refractivity contribution >= 4 is 23.2 Å². The van der Waals surface area contributed by atoms with Crippen molar-refractivity contribution in [1.29, 1.82) is 0 Å². The molecule has 0 aliphatic rings. The monoisotopic (exact) mass is 307 g/mol. The Kier molecular flexibility index (Phi) is 6.37. The first-order chi connectivity index (χ1) is 10.4. The average molecular weight is 307 g/mol. The zero-order chi connectivity index (χ0) is 16.8. The summed E-state index contributed by atoms with van der Waals surface area (Å²) < 4.78 is 5.19. The Morgan fingerprint density at radius 1 is 1.23 bits per heavy atom. The van der Waals surface area contributed by atoms with E-state index in [2.05, 4.69) is 10.6 Å². The maximum absolute atomic E-state index is 12.5. The lowest BCUT2D eigenvalue weighted by atomic mass is 9.81. The standard InChI is InChI=1S/C16H25N3O3/c1-5-16(6-2,10-17)15(21)19-12-7-8-14(22-4)13(9-12)18-11(3)20/h7-9H,5-6,10,17H2,1-4H3,(H,18,20)(H,19,21). The Labute approximate surface area is 131 Å². The summed E-state index contributed by atoms with van der Waals surface area (Å²) in [5.41, 5.74) is 6.32. The SMILES string of the molecule is CCC(CC)(CN)C(=O)Nc1ccc(OC)c(NC(C)=O)c1. The van der Waals surface area contributed by atoms with Crippen LogP contribution in [0.2, 0.25) is 0 Å². The van der Waals surface area contributed by atoms with Crippen molar-refractivity contribution in [2.75, 3.05) is 24.3 Å². The molecule has 0 radical (unpaired) electrons. The first kappa shape index (κ1) is 18.0. The number of hydrogen-bond donors (Lipinski definition) is 3. The second-order valence-electron chi connectivity index (χ2n) is 5.24. The van der Waals surface area contributed by atoms with Gasteiger partial charge in [-0.2, -0.15) is 0 Å². The topological polar surface area (TPSA) is 93.5 Å². The second-order valence-corrected chi connectivity index (χ2v) is 5.24. The maximum atomic E-state index is 12.5. The largest absolute Gasteiger partial charge is 0.495 e. The molecule has 1 aromatic carbocycles. The Morgan fingerprint density at radius 3 is 2.32 bits per heavy atom. The average Bonchev–Trinajstić information content (AvgIpc) is 2.49. The highest BCUT2D eigenvalue weighted by Gasteiger charge is 2.33. The molecule has 22 heavy (non-hydrogen) atoms. The Bertz CT molecular complexity index is 531. The molecule has 0 saturated heterocycles. The van der Waals surface area contributed by atoms with Gasteiger partial charge < -0.3 is 21.1 Å². The van der Waals surface area contributed by atoms with Gasteiger partial charge >= 0.3 is 0 Å². The number of benzene rings is 1. The number of nitrogens with one attached hydrogen (secondary N) is 2. The minimum absolute atomic E-state index is 0.112. The van der Waals surface area contributed by atoms with Crippen molar-refractivity contribution in [3.63, 3.8) is 0 Å². The smallest absolute Gasteiger partial charge is 0.231 e. The minimum atomic E-state index is -0.575. The molecule has 6 nitrogen and oxygen atoms in total. The lowest BCUT2D eigenvalue weighted by Gasteiger charge is -2.28. The fourth-order valence-electron chi connectivity index (χ4n) is 2.29. The number of carbonyl (C=O) groups is 2. The highest BCUT2D eigenvalue weighted by atomic mass is 16.5. The molecular formula is C16H25N3O3. The molecule has 0 unspecified atom stereocenters. The van der Waals surface area contributed by atoms with Crippen LogP contribution < -0.4 is 21.1 Å². The van der Waals surface area contributed by atoms with E-state index in [1.807, 2.05) is 13.8 Å². The number of carbonyl (C=O) groups excluding carboxylic acids is 2. The third-order valence-corrected chi connectivity index (χ3v) is 3.99. The molecule has 0 atom stereocenters. The molecule has 0 heterocycles. The van der Waals surface area contributed by atoms with E-state index in [4.69, 9.17) is 10.5 Å². The second kappa shape index (κ2) is 7.79. The Hall–Kier alpha value is -2.08. The van der Waals surface area contributed by atoms with Crippen LogP contribution in [0.5, 0.6) is 5.75 Å². The third kappa shape index (κ3) is 3.98. The molecule has 4 N–H and O–H groups in total. The summed E-state index contributed by atoms with van der Waals surface area (Å²) in [7, 11) is 1.52. The van der Waals surface area contributed by atoms with Crippen LogP contribution in [0.4, 0.5) is 11.4 Å². The summed E-state index contributed by atoms with van der Waals surface area (Å²) in [6, 6.07) is 5.10. The van der Waals surface area contributed by atoms with Crippen LogP contribution in [-0.4, -0.2) is 25.5 Å². The van der Waals surface area contributed by atoms with Gasteiger partial charge in [-0.15, -0.1) is 0 Å². The summed E-state index contributed by atoms with van der Waals surface area (Å²) in [5.74, 6) is 0.211. The molecule has 0 fully saturated rings. The molecule has 0 aromatic heterocycles. The molecule has 0 aliphatic heterocycles. The summed E-state index contributed by atoms with van der Waals surface area (Å²) in [6.07, 6.45) is 1.33. The zero-order valence-corrected chi connectivity index (χ0v) is 13.7. The molecule has 2 amide bonds. The molecule has 0 spiro atoms. The molecule has 0 bridgehead atoms. The minimum Gasteiger partial charge on any atom is -0.495 e. The summed E-state index contributed by atoms with van der Waals surface area (Å²) in [4.78, 5) is 23.7. The first-order valence-electron chi connectivity index (χ1n) is 7.39. The first-order valence-corrected chi connectivity index (χ1v) is 7.39. The van der Waals surface area contributed by atoms with Crippen molar-refractivity contribution in [3.05, 3.63) is 18.2 Å². The van der Waals surface area contributed by atoms with Crippen molar-refractivity contribution in [3.8, 4) is 5.75 Å². The molecule has 0 aliphatic carbocycles. The Balaban J connectivity index is 3.03. The van der Waals surface area contributed by atoms with E-state index >= 15 is 0 Å². The third-order valence-electron chi connectivity index (χ3n) is 3.99. The van der Waals surface area contributed by atoms with Crippen LogP contribution in [-0.2, 0) is 9.59 Å². The van der Waals surface area contributed by atoms with E-state index < -0.39 is 5.41 Å². The number of rotatable bonds is 7. The van der Waals surface area contributed by atoms with Gasteiger partial charge in [-0.05, 0) is 31.0 Å². The van der Waals surface area contributed by atoms with Gasteiger partial charge in [0.15, 0.2) is 0 Å². The molecule has 1 rings (SSSR count). The van der Waals surface area contributed by atoms with E-state index in [1.54, 1.807) is 18.2 Å². The normalized spacial score (nSPS) is 11.0. The van der Waals surface area contributed by atoms with Gasteiger partial charge in [0.25, 0.3) is 0 Å².